The summed E-state index contributed by atoms with van der Waals surface area (Å²) in [5.41, 5.74) is 1.46. The Labute approximate surface area is 134 Å². The van der Waals surface area contributed by atoms with Crippen LogP contribution < -0.4 is 4.74 Å². The Bertz CT molecular complexity index is 490. The Morgan fingerprint density at radius 3 is 2.45 bits per heavy atom. The van der Waals surface area contributed by atoms with Crippen LogP contribution in [-0.2, 0) is 9.53 Å². The maximum absolute atomic E-state index is 11.7. The monoisotopic (exact) mass is 304 g/mol. The van der Waals surface area contributed by atoms with Crippen molar-refractivity contribution < 1.29 is 14.3 Å². The van der Waals surface area contributed by atoms with E-state index in [0.29, 0.717) is 24.9 Å². The first-order valence-corrected chi connectivity index (χ1v) is 8.39. The van der Waals surface area contributed by atoms with Crippen molar-refractivity contribution in [3.8, 4) is 5.75 Å². The second-order valence-electron chi connectivity index (χ2n) is 6.69. The van der Waals surface area contributed by atoms with E-state index >= 15 is 0 Å². The standard InChI is InChI=1S/C19H28O3/c1-5-7-12-22-15-10-8-14(9-11-15)18-16(19(18,3)4)13-17(20)21-6-2/h8-11,16,18H,5-7,12-13H2,1-4H3. The first kappa shape index (κ1) is 16.9. The van der Waals surface area contributed by atoms with Gasteiger partial charge in [-0.25, -0.2) is 0 Å². The molecule has 3 nitrogen and oxygen atoms in total. The summed E-state index contributed by atoms with van der Waals surface area (Å²) in [6.45, 7) is 9.70. The molecule has 0 N–H and O–H groups in total. The average Bonchev–Trinajstić information content (AvgIpc) is 3.01. The van der Waals surface area contributed by atoms with Crippen LogP contribution in [0.3, 0.4) is 0 Å². The molecule has 1 aliphatic carbocycles. The van der Waals surface area contributed by atoms with Crippen molar-refractivity contribution in [1.82, 2.24) is 0 Å². The number of unbranched alkanes of at least 4 members (excludes halogenated alkanes) is 1. The number of benzene rings is 1. The van der Waals surface area contributed by atoms with E-state index in [4.69, 9.17) is 9.47 Å². The maximum atomic E-state index is 11.7. The van der Waals surface area contributed by atoms with Gasteiger partial charge >= 0.3 is 5.97 Å². The molecule has 0 heterocycles. The zero-order valence-electron chi connectivity index (χ0n) is 14.2. The van der Waals surface area contributed by atoms with Crippen molar-refractivity contribution in [2.45, 2.75) is 52.9 Å². The van der Waals surface area contributed by atoms with Crippen molar-refractivity contribution in [3.05, 3.63) is 29.8 Å². The van der Waals surface area contributed by atoms with E-state index in [9.17, 15) is 4.79 Å². The molecule has 0 amide bonds. The van der Waals surface area contributed by atoms with Gasteiger partial charge in [0.2, 0.25) is 0 Å². The van der Waals surface area contributed by atoms with Crippen molar-refractivity contribution in [2.75, 3.05) is 13.2 Å². The molecule has 0 aromatic heterocycles. The molecule has 22 heavy (non-hydrogen) atoms. The SMILES string of the molecule is CCCCOc1ccc(C2C(CC(=O)OCC)C2(C)C)cc1. The van der Waals surface area contributed by atoms with Crippen LogP contribution in [-0.4, -0.2) is 19.2 Å². The van der Waals surface area contributed by atoms with Gasteiger partial charge in [-0.3, -0.25) is 4.79 Å². The molecule has 3 heteroatoms. The Kier molecular flexibility index (Phi) is 5.49. The highest BCUT2D eigenvalue weighted by Crippen LogP contribution is 2.65. The fourth-order valence-electron chi connectivity index (χ4n) is 3.29. The number of esters is 1. The lowest BCUT2D eigenvalue weighted by molar-refractivity contribution is -0.143. The fourth-order valence-corrected chi connectivity index (χ4v) is 3.29. The zero-order valence-corrected chi connectivity index (χ0v) is 14.2. The summed E-state index contributed by atoms with van der Waals surface area (Å²) in [6, 6.07) is 8.36. The van der Waals surface area contributed by atoms with Crippen LogP contribution in [0.15, 0.2) is 24.3 Å². The highest BCUT2D eigenvalue weighted by Gasteiger charge is 2.58. The number of carbonyl (C=O) groups excluding carboxylic acids is 1. The van der Waals surface area contributed by atoms with Gasteiger partial charge in [0.25, 0.3) is 0 Å². The summed E-state index contributed by atoms with van der Waals surface area (Å²) in [6.07, 6.45) is 2.74. The summed E-state index contributed by atoms with van der Waals surface area (Å²) in [7, 11) is 0. The second kappa shape index (κ2) is 7.17. The van der Waals surface area contributed by atoms with Crippen molar-refractivity contribution in [1.29, 1.82) is 0 Å². The van der Waals surface area contributed by atoms with Crippen LogP contribution in [0.5, 0.6) is 5.75 Å². The molecule has 0 spiro atoms. The fraction of sp³-hybridized carbons (Fsp3) is 0.632. The topological polar surface area (TPSA) is 35.5 Å². The molecule has 1 aromatic rings. The van der Waals surface area contributed by atoms with E-state index < -0.39 is 0 Å². The van der Waals surface area contributed by atoms with Crippen LogP contribution in [0.2, 0.25) is 0 Å². The molecule has 2 rings (SSSR count). The lowest BCUT2D eigenvalue weighted by atomic mass is 10.0. The average molecular weight is 304 g/mol. The van der Waals surface area contributed by atoms with Gasteiger partial charge in [-0.15, -0.1) is 0 Å². The van der Waals surface area contributed by atoms with Crippen LogP contribution >= 0.6 is 0 Å². The molecule has 1 aliphatic rings. The third-order valence-electron chi connectivity index (χ3n) is 4.75. The lowest BCUT2D eigenvalue weighted by Crippen LogP contribution is -2.06. The number of hydrogen-bond donors (Lipinski definition) is 0. The van der Waals surface area contributed by atoms with E-state index in [-0.39, 0.29) is 11.4 Å². The van der Waals surface area contributed by atoms with Gasteiger partial charge in [0, 0.05) is 6.42 Å². The lowest BCUT2D eigenvalue weighted by Gasteiger charge is -2.07. The summed E-state index contributed by atoms with van der Waals surface area (Å²) in [5.74, 6) is 1.65. The van der Waals surface area contributed by atoms with E-state index in [1.807, 2.05) is 19.1 Å². The molecule has 0 bridgehead atoms. The summed E-state index contributed by atoms with van der Waals surface area (Å²) < 4.78 is 10.8. The molecule has 2 unspecified atom stereocenters. The quantitative estimate of drug-likeness (QED) is 0.522. The van der Waals surface area contributed by atoms with Gasteiger partial charge in [0.05, 0.1) is 13.2 Å². The molecule has 2 atom stereocenters. The van der Waals surface area contributed by atoms with Gasteiger partial charge in [-0.05, 0) is 48.3 Å². The van der Waals surface area contributed by atoms with Gasteiger partial charge in [0.15, 0.2) is 0 Å². The molecule has 0 radical (unpaired) electrons. The van der Waals surface area contributed by atoms with Gasteiger partial charge in [-0.1, -0.05) is 39.3 Å². The normalized spacial score (nSPS) is 22.2. The smallest absolute Gasteiger partial charge is 0.306 e. The van der Waals surface area contributed by atoms with Gasteiger partial charge in [-0.2, -0.15) is 0 Å². The molecule has 122 valence electrons. The maximum Gasteiger partial charge on any atom is 0.306 e. The van der Waals surface area contributed by atoms with E-state index in [1.165, 1.54) is 5.56 Å². The van der Waals surface area contributed by atoms with Crippen molar-refractivity contribution in [3.63, 3.8) is 0 Å². The first-order valence-electron chi connectivity index (χ1n) is 8.39. The highest BCUT2D eigenvalue weighted by molar-refractivity contribution is 5.70. The molecule has 1 saturated carbocycles. The Hall–Kier alpha value is -1.51. The zero-order chi connectivity index (χ0) is 16.2. The Balaban J connectivity index is 1.95. The van der Waals surface area contributed by atoms with Gasteiger partial charge < -0.3 is 9.47 Å². The third-order valence-corrected chi connectivity index (χ3v) is 4.75. The molecular formula is C19H28O3. The van der Waals surface area contributed by atoms with Crippen molar-refractivity contribution in [2.24, 2.45) is 11.3 Å². The van der Waals surface area contributed by atoms with Crippen LogP contribution in [0.25, 0.3) is 0 Å². The Morgan fingerprint density at radius 2 is 1.86 bits per heavy atom. The minimum atomic E-state index is -0.0809. The van der Waals surface area contributed by atoms with Crippen molar-refractivity contribution >= 4 is 5.97 Å². The third kappa shape index (κ3) is 3.82. The highest BCUT2D eigenvalue weighted by atomic mass is 16.5. The second-order valence-corrected chi connectivity index (χ2v) is 6.69. The minimum Gasteiger partial charge on any atom is -0.494 e. The molecule has 0 saturated heterocycles. The first-order chi connectivity index (χ1) is 10.5. The predicted molar refractivity (Wildman–Crippen MR) is 88.1 cm³/mol. The van der Waals surface area contributed by atoms with E-state index in [1.54, 1.807) is 0 Å². The molecular weight excluding hydrogens is 276 g/mol. The number of rotatable bonds is 8. The summed E-state index contributed by atoms with van der Waals surface area (Å²) in [5, 5.41) is 0. The predicted octanol–water partition coefficient (Wildman–Crippen LogP) is 4.56. The molecule has 1 aromatic carbocycles. The minimum absolute atomic E-state index is 0.0809. The number of ether oxygens (including phenoxy) is 2. The van der Waals surface area contributed by atoms with Gasteiger partial charge in [0.1, 0.15) is 5.75 Å². The van der Waals surface area contributed by atoms with Crippen LogP contribution in [0.1, 0.15) is 58.4 Å². The number of carbonyl (C=O) groups is 1. The summed E-state index contributed by atoms with van der Waals surface area (Å²) >= 11 is 0. The summed E-state index contributed by atoms with van der Waals surface area (Å²) in [4.78, 5) is 11.7. The Morgan fingerprint density at radius 1 is 1.18 bits per heavy atom. The van der Waals surface area contributed by atoms with Crippen LogP contribution in [0, 0.1) is 11.3 Å². The number of hydrogen-bond acceptors (Lipinski definition) is 3. The largest absolute Gasteiger partial charge is 0.494 e. The van der Waals surface area contributed by atoms with E-state index in [0.717, 1.165) is 25.2 Å². The molecule has 1 fully saturated rings. The van der Waals surface area contributed by atoms with E-state index in [2.05, 4.69) is 32.9 Å². The van der Waals surface area contributed by atoms with Crippen LogP contribution in [0.4, 0.5) is 0 Å². The molecule has 0 aliphatic heterocycles.